The first-order chi connectivity index (χ1) is 42.7. The van der Waals surface area contributed by atoms with Crippen molar-refractivity contribution < 1.29 is 43.0 Å². The number of amides is 6. The number of benzene rings is 2. The molecule has 6 amide bonds. The maximum absolute atomic E-state index is 13.8. The number of likely N-dealkylation sites (N-methyl/N-ethyl adjacent to an activating group) is 3. The molecule has 3 aliphatic rings. The molecule has 0 bridgehead atoms. The van der Waals surface area contributed by atoms with Gasteiger partial charge in [0.2, 0.25) is 17.7 Å². The highest BCUT2D eigenvalue weighted by atomic mass is 127. The Bertz CT molecular complexity index is 3340. The van der Waals surface area contributed by atoms with E-state index in [1.807, 2.05) is 105 Å². The summed E-state index contributed by atoms with van der Waals surface area (Å²) in [4.78, 5) is 110. The summed E-state index contributed by atoms with van der Waals surface area (Å²) in [5.41, 5.74) is 4.57. The number of nitrogens with zero attached hydrogens (tertiary/aromatic N) is 9. The van der Waals surface area contributed by atoms with Crippen molar-refractivity contribution in [1.82, 2.24) is 59.3 Å². The van der Waals surface area contributed by atoms with E-state index in [0.717, 1.165) is 51.0 Å². The molecule has 22 heteroatoms. The van der Waals surface area contributed by atoms with E-state index in [2.05, 4.69) is 109 Å². The predicted molar refractivity (Wildman–Crippen MR) is 350 cm³/mol. The van der Waals surface area contributed by atoms with Crippen LogP contribution in [-0.4, -0.2) is 176 Å². The largest absolute Gasteiger partial charge is 0.453 e. The first-order valence-corrected chi connectivity index (χ1v) is 31.1. The van der Waals surface area contributed by atoms with Crippen molar-refractivity contribution in [2.75, 3.05) is 62.1 Å². The zero-order chi connectivity index (χ0) is 66.3. The molecular weight excluding hydrogens is 1260 g/mol. The molecule has 21 nitrogen and oxygen atoms in total. The minimum atomic E-state index is -0.662. The van der Waals surface area contributed by atoms with E-state index in [-0.39, 0.29) is 65.4 Å². The molecule has 3 aliphatic heterocycles. The summed E-state index contributed by atoms with van der Waals surface area (Å²) in [6.45, 7) is 19.7. The number of hydrogen-bond donors (Lipinski definition) is 3. The molecule has 3 aromatic heterocycles. The van der Waals surface area contributed by atoms with E-state index in [0.29, 0.717) is 48.6 Å². The Morgan fingerprint density at radius 1 is 0.489 bits per heavy atom. The third-order valence-corrected chi connectivity index (χ3v) is 16.7. The number of H-pyrrole nitrogens is 3. The van der Waals surface area contributed by atoms with Gasteiger partial charge >= 0.3 is 18.3 Å². The first-order valence-electron chi connectivity index (χ1n) is 30.1. The lowest BCUT2D eigenvalue weighted by molar-refractivity contribution is -0.139. The Hall–Kier alpha value is -8.74. The highest BCUT2D eigenvalue weighted by Crippen LogP contribution is 2.38. The first kappa shape index (κ1) is 70.3. The molecule has 0 spiro atoms. The quantitative estimate of drug-likeness (QED) is 0.0602. The third-order valence-electron chi connectivity index (χ3n) is 16.2. The number of carbonyl (C=O) groups excluding carboxylic acids is 6. The summed E-state index contributed by atoms with van der Waals surface area (Å²) in [7, 11) is 8.74. The van der Waals surface area contributed by atoms with Gasteiger partial charge in [0, 0.05) is 63.0 Å². The van der Waals surface area contributed by atoms with E-state index in [1.54, 1.807) is 39.7 Å². The maximum atomic E-state index is 13.8. The van der Waals surface area contributed by atoms with Gasteiger partial charge in [-0.05, 0) is 138 Å². The number of nitrogens with one attached hydrogen (secondary N) is 3. The molecule has 3 saturated heterocycles. The maximum Gasteiger partial charge on any atom is 0.409 e. The Balaban J connectivity index is 0.000000308. The monoisotopic (exact) mass is 1340 g/mol. The normalized spacial score (nSPS) is 19.2. The van der Waals surface area contributed by atoms with E-state index in [1.165, 1.54) is 36.0 Å². The van der Waals surface area contributed by atoms with Crippen LogP contribution in [0.3, 0.4) is 0 Å². The number of carbonyl (C=O) groups is 6. The van der Waals surface area contributed by atoms with Crippen molar-refractivity contribution in [2.24, 2.45) is 35.5 Å². The van der Waals surface area contributed by atoms with Gasteiger partial charge in [0.1, 0.15) is 47.0 Å². The summed E-state index contributed by atoms with van der Waals surface area (Å²) in [5, 5.41) is 0. The van der Waals surface area contributed by atoms with Gasteiger partial charge in [-0.25, -0.2) is 29.3 Å². The average Bonchev–Trinajstić information content (AvgIpc) is 1.66. The fourth-order valence-electron chi connectivity index (χ4n) is 11.8. The van der Waals surface area contributed by atoms with Crippen LogP contribution < -0.4 is 0 Å². The zero-order valence-electron chi connectivity index (χ0n) is 54.3. The lowest BCUT2D eigenvalue weighted by atomic mass is 10.0. The van der Waals surface area contributed by atoms with Crippen LogP contribution in [0.15, 0.2) is 67.1 Å². The van der Waals surface area contributed by atoms with Gasteiger partial charge < -0.3 is 43.9 Å². The summed E-state index contributed by atoms with van der Waals surface area (Å²) >= 11 is 2.17. The van der Waals surface area contributed by atoms with Gasteiger partial charge in [-0.1, -0.05) is 86.0 Å². The molecule has 0 aliphatic carbocycles. The predicted octanol–water partition coefficient (Wildman–Crippen LogP) is 9.49. The molecule has 0 radical (unpaired) electrons. The molecule has 3 N–H and O–H groups in total. The summed E-state index contributed by atoms with van der Waals surface area (Å²) < 4.78 is 15.5. The van der Waals surface area contributed by atoms with Crippen LogP contribution >= 0.6 is 22.6 Å². The van der Waals surface area contributed by atoms with Crippen LogP contribution in [0.25, 0.3) is 0 Å². The number of aromatic amines is 3. The van der Waals surface area contributed by atoms with Crippen LogP contribution in [0.5, 0.6) is 0 Å². The summed E-state index contributed by atoms with van der Waals surface area (Å²) in [6.07, 6.45) is 16.1. The molecule has 6 heterocycles. The van der Waals surface area contributed by atoms with Gasteiger partial charge in [0.15, 0.2) is 0 Å². The molecule has 3 fully saturated rings. The molecule has 0 saturated carbocycles. The molecule has 5 aromatic rings. The summed E-state index contributed by atoms with van der Waals surface area (Å²) in [5.74, 6) is 20.1. The second-order valence-corrected chi connectivity index (χ2v) is 25.4. The second kappa shape index (κ2) is 32.1. The Morgan fingerprint density at radius 2 is 0.767 bits per heavy atom. The van der Waals surface area contributed by atoms with E-state index in [9.17, 15) is 28.8 Å². The third kappa shape index (κ3) is 17.6. The van der Waals surface area contributed by atoms with Gasteiger partial charge in [-0.3, -0.25) is 29.1 Å². The molecular formula is C68H85IN12O9. The van der Waals surface area contributed by atoms with Crippen LogP contribution in [0.1, 0.15) is 151 Å². The van der Waals surface area contributed by atoms with Gasteiger partial charge in [-0.15, -0.1) is 12.8 Å². The fourth-order valence-corrected chi connectivity index (χ4v) is 12.2. The molecule has 478 valence electrons. The minimum Gasteiger partial charge on any atom is -0.453 e. The number of likely N-dealkylation sites (tertiary alicyclic amines) is 3. The van der Waals surface area contributed by atoms with Crippen LogP contribution in [0, 0.1) is 87.6 Å². The van der Waals surface area contributed by atoms with Gasteiger partial charge in [-0.2, -0.15) is 0 Å². The molecule has 90 heavy (non-hydrogen) atoms. The standard InChI is InChI=1S/C42H54N8O6.C16H25IN4O3.C10H6/c1-25(2)35(47(7)41(53)55-9)39(51)49-23-27(5)19-33(49)37-43-21-31(45-37)17-15-29-11-13-30(14-12-29)16-18-32-22-44-38(46-32)34-20-28(6)24-50(34)40(52)36(26(3)4)48(8)42(54)56-10;1-9(2)13(20(4)16(23)24-5)15(22)21-8-10(3)6-11(21)14-18-7-12(17)19-14;1-3-9-5-7-10(4-2)8-6-9/h11-14,21-22,25-28,33-36H,19-20,23-24H2,1-10H3,(H,43,45)(H,44,46);7,9-11,13H,6,8H2,1-5H3,(H,18,19);1-2,5-8H/t27-,28-,33-,34-,35-,36?;10-,11-,13-;/m00./s1. The zero-order valence-corrected chi connectivity index (χ0v) is 56.4. The molecule has 1 unspecified atom stereocenters. The highest BCUT2D eigenvalue weighted by Gasteiger charge is 2.45. The lowest BCUT2D eigenvalue weighted by Crippen LogP contribution is -2.52. The topological polar surface area (TPSA) is 236 Å². The molecule has 8 rings (SSSR count). The van der Waals surface area contributed by atoms with Crippen molar-refractivity contribution in [3.63, 3.8) is 0 Å². The number of imidazole rings is 3. The number of methoxy groups -OCH3 is 3. The minimum absolute atomic E-state index is 0.0186. The van der Waals surface area contributed by atoms with Crippen molar-refractivity contribution in [3.8, 4) is 48.4 Å². The fraction of sp³-hybridized carbons (Fsp3) is 0.485. The van der Waals surface area contributed by atoms with E-state index >= 15 is 0 Å². The van der Waals surface area contributed by atoms with Gasteiger partial charge in [0.05, 0.1) is 61.7 Å². The van der Waals surface area contributed by atoms with Crippen LogP contribution in [-0.2, 0) is 28.6 Å². The Labute approximate surface area is 543 Å². The number of aromatic nitrogens is 6. The Morgan fingerprint density at radius 3 is 1.02 bits per heavy atom. The van der Waals surface area contributed by atoms with Crippen molar-refractivity contribution in [1.29, 1.82) is 0 Å². The van der Waals surface area contributed by atoms with Crippen LogP contribution in [0.4, 0.5) is 14.4 Å². The van der Waals surface area contributed by atoms with Gasteiger partial charge in [0.25, 0.3) is 0 Å². The van der Waals surface area contributed by atoms with Crippen LogP contribution in [0.2, 0.25) is 0 Å². The molecule has 2 aromatic carbocycles. The molecule has 9 atom stereocenters. The van der Waals surface area contributed by atoms with E-state index < -0.39 is 36.4 Å². The Kier molecular flexibility index (Phi) is 25.1. The SMILES string of the molecule is C#Cc1ccc(C#C)cc1.COC(=O)N(C)C(C(=O)N1C[C@@H](C)C[C@H]1c1ncc(C#Cc2ccc(C#Cc3cnc([C@@H]4C[C@H](C)CN4C(=O)[C@H](C(C)C)N(C)C(=O)OC)[nH]3)cc2)[nH]1)C(C)C.COC(=O)N(C)[C@H](C(=O)N1C[C@@H](C)C[C@H]1c1ncc(I)[nH]1)C(C)C. The van der Waals surface area contributed by atoms with Crippen molar-refractivity contribution in [2.45, 2.75) is 118 Å². The smallest absolute Gasteiger partial charge is 0.409 e. The number of terminal acetylenes is 2. The van der Waals surface area contributed by atoms with Crippen molar-refractivity contribution in [3.05, 3.63) is 122 Å². The van der Waals surface area contributed by atoms with Crippen molar-refractivity contribution >= 4 is 58.6 Å². The highest BCUT2D eigenvalue weighted by molar-refractivity contribution is 14.1. The number of halogens is 1. The average molecular weight is 1340 g/mol. The summed E-state index contributed by atoms with van der Waals surface area (Å²) in [6, 6.07) is 12.4. The lowest BCUT2D eigenvalue weighted by Gasteiger charge is -2.34. The van der Waals surface area contributed by atoms with E-state index in [4.69, 9.17) is 27.1 Å². The number of ether oxygens (including phenoxy) is 3. The number of hydrogen-bond acceptors (Lipinski definition) is 12. The second-order valence-electron chi connectivity index (χ2n) is 24.3. The number of rotatable bonds is 12.